The van der Waals surface area contributed by atoms with Gasteiger partial charge in [0.25, 0.3) is 0 Å². The molecule has 1 N–H and O–H groups in total. The Morgan fingerprint density at radius 3 is 2.67 bits per heavy atom. The van der Waals surface area contributed by atoms with Crippen LogP contribution in [-0.4, -0.2) is 30.9 Å². The third-order valence-corrected chi connectivity index (χ3v) is 1.86. The fourth-order valence-electron chi connectivity index (χ4n) is 1.07. The predicted molar refractivity (Wildman–Crippen MR) is 54.1 cm³/mol. The van der Waals surface area contributed by atoms with Crippen LogP contribution < -0.4 is 0 Å². The molecule has 1 atom stereocenters. The molecule has 1 aromatic carbocycles. The van der Waals surface area contributed by atoms with Crippen molar-refractivity contribution in [3.63, 3.8) is 0 Å². The van der Waals surface area contributed by atoms with E-state index in [0.717, 1.165) is 5.56 Å². The molecule has 0 amide bonds. The van der Waals surface area contributed by atoms with Crippen LogP contribution in [0.5, 0.6) is 0 Å². The lowest BCUT2D eigenvalue weighted by molar-refractivity contribution is -0.153. The largest absolute Gasteiger partial charge is 0.467 e. The minimum atomic E-state index is -1.21. The maximum Gasteiger partial charge on any atom is 0.337 e. The number of carbonyl (C=O) groups excluding carboxylic acids is 1. The lowest BCUT2D eigenvalue weighted by Gasteiger charge is -2.08. The van der Waals surface area contributed by atoms with Gasteiger partial charge in [-0.1, -0.05) is 30.3 Å². The number of hydrogen-bond donors (Lipinski definition) is 1. The Balaban J connectivity index is 2.25. The Hall–Kier alpha value is -1.39. The van der Waals surface area contributed by atoms with E-state index in [-0.39, 0.29) is 6.61 Å². The molecule has 0 unspecified atom stereocenters. The van der Waals surface area contributed by atoms with Crippen molar-refractivity contribution in [3.05, 3.63) is 35.9 Å². The van der Waals surface area contributed by atoms with E-state index >= 15 is 0 Å². The summed E-state index contributed by atoms with van der Waals surface area (Å²) in [7, 11) is 1.22. The summed E-state index contributed by atoms with van der Waals surface area (Å²) in [4.78, 5) is 10.8. The first-order valence-electron chi connectivity index (χ1n) is 4.61. The van der Waals surface area contributed by atoms with Gasteiger partial charge < -0.3 is 14.6 Å². The minimum Gasteiger partial charge on any atom is -0.467 e. The first kappa shape index (κ1) is 11.7. The average Bonchev–Trinajstić information content (AvgIpc) is 2.29. The number of hydrogen-bond acceptors (Lipinski definition) is 4. The van der Waals surface area contributed by atoms with Crippen molar-refractivity contribution < 1.29 is 19.4 Å². The SMILES string of the molecule is COC(=O)[C@@H](O)COCc1ccccc1. The van der Waals surface area contributed by atoms with E-state index in [4.69, 9.17) is 4.74 Å². The number of benzene rings is 1. The maximum atomic E-state index is 10.8. The summed E-state index contributed by atoms with van der Waals surface area (Å²) in [6, 6.07) is 9.52. The molecule has 0 radical (unpaired) electrons. The number of aliphatic hydroxyl groups is 1. The second-order valence-corrected chi connectivity index (χ2v) is 3.04. The highest BCUT2D eigenvalue weighted by Gasteiger charge is 2.14. The molecular weight excluding hydrogens is 196 g/mol. The number of rotatable bonds is 5. The van der Waals surface area contributed by atoms with Crippen LogP contribution in [0.3, 0.4) is 0 Å². The van der Waals surface area contributed by atoms with Crippen molar-refractivity contribution in [3.8, 4) is 0 Å². The smallest absolute Gasteiger partial charge is 0.337 e. The molecule has 82 valence electrons. The zero-order valence-corrected chi connectivity index (χ0v) is 8.55. The van der Waals surface area contributed by atoms with Crippen LogP contribution in [0, 0.1) is 0 Å². The average molecular weight is 210 g/mol. The van der Waals surface area contributed by atoms with Crippen molar-refractivity contribution >= 4 is 5.97 Å². The van der Waals surface area contributed by atoms with Crippen molar-refractivity contribution in [2.45, 2.75) is 12.7 Å². The highest BCUT2D eigenvalue weighted by molar-refractivity contribution is 5.74. The minimum absolute atomic E-state index is 0.0540. The fraction of sp³-hybridized carbons (Fsp3) is 0.364. The predicted octanol–water partition coefficient (Wildman–Crippen LogP) is 0.737. The van der Waals surface area contributed by atoms with Crippen molar-refractivity contribution in [1.29, 1.82) is 0 Å². The van der Waals surface area contributed by atoms with Gasteiger partial charge in [0.15, 0.2) is 6.10 Å². The molecule has 0 aliphatic heterocycles. The molecule has 0 saturated heterocycles. The first-order chi connectivity index (χ1) is 7.24. The molecule has 0 spiro atoms. The second kappa shape index (κ2) is 6.16. The molecule has 1 rings (SSSR count). The molecule has 0 fully saturated rings. The van der Waals surface area contributed by atoms with Crippen LogP contribution in [0.1, 0.15) is 5.56 Å². The van der Waals surface area contributed by atoms with Crippen LogP contribution in [-0.2, 0) is 20.9 Å². The lowest BCUT2D eigenvalue weighted by atomic mass is 10.2. The quantitative estimate of drug-likeness (QED) is 0.728. The molecule has 15 heavy (non-hydrogen) atoms. The molecule has 0 heterocycles. The Morgan fingerprint density at radius 2 is 2.07 bits per heavy atom. The fourth-order valence-corrected chi connectivity index (χ4v) is 1.07. The maximum absolute atomic E-state index is 10.8. The van der Waals surface area contributed by atoms with E-state index in [1.54, 1.807) is 0 Å². The molecular formula is C11H14O4. The zero-order valence-electron chi connectivity index (χ0n) is 8.55. The number of aliphatic hydroxyl groups excluding tert-OH is 1. The third-order valence-electron chi connectivity index (χ3n) is 1.86. The van der Waals surface area contributed by atoms with Crippen LogP contribution in [0.25, 0.3) is 0 Å². The molecule has 1 aromatic rings. The third kappa shape index (κ3) is 4.10. The summed E-state index contributed by atoms with van der Waals surface area (Å²) in [5.74, 6) is -0.678. The van der Waals surface area contributed by atoms with Gasteiger partial charge in [0, 0.05) is 0 Å². The highest BCUT2D eigenvalue weighted by atomic mass is 16.5. The number of methoxy groups -OCH3 is 1. The summed E-state index contributed by atoms with van der Waals surface area (Å²) in [6.45, 7) is 0.316. The van der Waals surface area contributed by atoms with Gasteiger partial charge in [-0.25, -0.2) is 4.79 Å². The van der Waals surface area contributed by atoms with E-state index < -0.39 is 12.1 Å². The van der Waals surface area contributed by atoms with Crippen molar-refractivity contribution in [2.24, 2.45) is 0 Å². The van der Waals surface area contributed by atoms with E-state index in [2.05, 4.69) is 4.74 Å². The number of ether oxygens (including phenoxy) is 2. The zero-order chi connectivity index (χ0) is 11.1. The molecule has 0 aliphatic rings. The summed E-state index contributed by atoms with van der Waals surface area (Å²) in [5.41, 5.74) is 0.995. The molecule has 0 aliphatic carbocycles. The molecule has 4 heteroatoms. The van der Waals surface area contributed by atoms with Crippen LogP contribution in [0.2, 0.25) is 0 Å². The van der Waals surface area contributed by atoms with E-state index in [1.807, 2.05) is 30.3 Å². The molecule has 4 nitrogen and oxygen atoms in total. The number of esters is 1. The molecule has 0 saturated carbocycles. The molecule has 0 bridgehead atoms. The van der Waals surface area contributed by atoms with Gasteiger partial charge in [-0.2, -0.15) is 0 Å². The van der Waals surface area contributed by atoms with E-state index in [9.17, 15) is 9.90 Å². The van der Waals surface area contributed by atoms with Crippen molar-refractivity contribution in [2.75, 3.05) is 13.7 Å². The Kier molecular flexibility index (Phi) is 4.80. The Labute approximate surface area is 88.4 Å². The summed E-state index contributed by atoms with van der Waals surface area (Å²) in [6.07, 6.45) is -1.21. The van der Waals surface area contributed by atoms with Gasteiger partial charge in [-0.05, 0) is 5.56 Å². The van der Waals surface area contributed by atoms with Crippen LogP contribution in [0.4, 0.5) is 0 Å². The Bertz CT molecular complexity index is 297. The number of carbonyl (C=O) groups is 1. The molecule has 0 aromatic heterocycles. The van der Waals surface area contributed by atoms with E-state index in [0.29, 0.717) is 6.61 Å². The highest BCUT2D eigenvalue weighted by Crippen LogP contribution is 2.01. The van der Waals surface area contributed by atoms with Gasteiger partial charge in [0.2, 0.25) is 0 Å². The Morgan fingerprint density at radius 1 is 1.40 bits per heavy atom. The van der Waals surface area contributed by atoms with Gasteiger partial charge in [0.1, 0.15) is 0 Å². The lowest BCUT2D eigenvalue weighted by Crippen LogP contribution is -2.26. The second-order valence-electron chi connectivity index (χ2n) is 3.04. The van der Waals surface area contributed by atoms with Gasteiger partial charge in [0.05, 0.1) is 20.3 Å². The van der Waals surface area contributed by atoms with Gasteiger partial charge >= 0.3 is 5.97 Å². The van der Waals surface area contributed by atoms with Crippen molar-refractivity contribution in [1.82, 2.24) is 0 Å². The topological polar surface area (TPSA) is 55.8 Å². The summed E-state index contributed by atoms with van der Waals surface area (Å²) in [5, 5.41) is 9.20. The van der Waals surface area contributed by atoms with Crippen LogP contribution in [0.15, 0.2) is 30.3 Å². The standard InChI is InChI=1S/C11H14O4/c1-14-11(13)10(12)8-15-7-9-5-3-2-4-6-9/h2-6,10,12H,7-8H2,1H3/t10-/m0/s1. The van der Waals surface area contributed by atoms with E-state index in [1.165, 1.54) is 7.11 Å². The monoisotopic (exact) mass is 210 g/mol. The van der Waals surface area contributed by atoms with Crippen LogP contribution >= 0.6 is 0 Å². The normalized spacial score (nSPS) is 12.1. The van der Waals surface area contributed by atoms with Gasteiger partial charge in [-0.15, -0.1) is 0 Å². The van der Waals surface area contributed by atoms with Gasteiger partial charge in [-0.3, -0.25) is 0 Å². The first-order valence-corrected chi connectivity index (χ1v) is 4.61. The summed E-state index contributed by atoms with van der Waals surface area (Å²) < 4.78 is 9.50. The summed E-state index contributed by atoms with van der Waals surface area (Å²) >= 11 is 0.